The maximum atomic E-state index is 13.5. The Kier molecular flexibility index (Phi) is 5.50. The number of benzene rings is 3. The van der Waals surface area contributed by atoms with E-state index in [2.05, 4.69) is 10.3 Å². The number of amidine groups is 1. The Bertz CT molecular complexity index is 1410. The Morgan fingerprint density at radius 3 is 2.52 bits per heavy atom. The van der Waals surface area contributed by atoms with Crippen LogP contribution in [0.5, 0.6) is 11.5 Å². The highest BCUT2D eigenvalue weighted by molar-refractivity contribution is 6.30. The zero-order chi connectivity index (χ0) is 22.8. The van der Waals surface area contributed by atoms with Gasteiger partial charge in [0, 0.05) is 10.6 Å². The summed E-state index contributed by atoms with van der Waals surface area (Å²) in [5, 5.41) is 3.33. The van der Waals surface area contributed by atoms with Crippen LogP contribution in [0.2, 0.25) is 5.02 Å². The fourth-order valence-electron chi connectivity index (χ4n) is 3.31. The largest absolute Gasteiger partial charge is 0.457 e. The summed E-state index contributed by atoms with van der Waals surface area (Å²) >= 11 is 5.91. The van der Waals surface area contributed by atoms with E-state index in [1.807, 2.05) is 18.2 Å². The molecule has 1 aliphatic rings. The molecule has 4 aromatic rings. The highest BCUT2D eigenvalue weighted by atomic mass is 35.5. The van der Waals surface area contributed by atoms with Gasteiger partial charge in [-0.1, -0.05) is 35.9 Å². The Hall–Kier alpha value is -4.16. The molecule has 0 saturated heterocycles. The van der Waals surface area contributed by atoms with Crippen molar-refractivity contribution >= 4 is 29.4 Å². The van der Waals surface area contributed by atoms with Gasteiger partial charge < -0.3 is 14.5 Å². The molecule has 33 heavy (non-hydrogen) atoms. The number of rotatable bonds is 5. The summed E-state index contributed by atoms with van der Waals surface area (Å²) in [6, 6.07) is 23.8. The van der Waals surface area contributed by atoms with E-state index in [0.717, 1.165) is 5.56 Å². The number of hydrogen-bond acceptors (Lipinski definition) is 4. The third-order valence-electron chi connectivity index (χ3n) is 4.86. The molecule has 2 heterocycles. The Morgan fingerprint density at radius 2 is 1.70 bits per heavy atom. The summed E-state index contributed by atoms with van der Waals surface area (Å²) in [4.78, 5) is 16.8. The van der Waals surface area contributed by atoms with Crippen molar-refractivity contribution in [3.05, 3.63) is 113 Å². The van der Waals surface area contributed by atoms with Crippen LogP contribution in [-0.4, -0.2) is 11.7 Å². The second-order valence-corrected chi connectivity index (χ2v) is 7.68. The van der Waals surface area contributed by atoms with Gasteiger partial charge in [-0.05, 0) is 72.3 Å². The molecule has 1 N–H and O–H groups in total. The molecule has 0 spiro atoms. The molecular formula is C26H16ClFN2O3. The van der Waals surface area contributed by atoms with Crippen molar-refractivity contribution in [2.45, 2.75) is 0 Å². The lowest BCUT2D eigenvalue weighted by Crippen LogP contribution is -2.24. The summed E-state index contributed by atoms with van der Waals surface area (Å²) in [7, 11) is 0. The van der Waals surface area contributed by atoms with Gasteiger partial charge in [0.05, 0.1) is 0 Å². The quantitative estimate of drug-likeness (QED) is 0.349. The molecule has 0 radical (unpaired) electrons. The zero-order valence-corrected chi connectivity index (χ0v) is 17.8. The van der Waals surface area contributed by atoms with Crippen LogP contribution in [0.3, 0.4) is 0 Å². The zero-order valence-electron chi connectivity index (χ0n) is 17.1. The predicted molar refractivity (Wildman–Crippen MR) is 125 cm³/mol. The van der Waals surface area contributed by atoms with E-state index in [9.17, 15) is 9.18 Å². The number of carbonyl (C=O) groups is 1. The average Bonchev–Trinajstić information content (AvgIpc) is 3.43. The van der Waals surface area contributed by atoms with E-state index >= 15 is 0 Å². The van der Waals surface area contributed by atoms with Crippen LogP contribution in [0.1, 0.15) is 11.3 Å². The number of amides is 1. The summed E-state index contributed by atoms with van der Waals surface area (Å²) in [6.45, 7) is 0. The smallest absolute Gasteiger partial charge is 0.275 e. The van der Waals surface area contributed by atoms with Crippen molar-refractivity contribution in [1.29, 1.82) is 0 Å². The van der Waals surface area contributed by atoms with E-state index in [1.54, 1.807) is 60.7 Å². The Labute approximate surface area is 193 Å². The fourth-order valence-corrected chi connectivity index (χ4v) is 3.44. The molecule has 162 valence electrons. The molecule has 0 bridgehead atoms. The first-order chi connectivity index (χ1) is 16.0. The number of carbonyl (C=O) groups excluding carboxylic acids is 1. The van der Waals surface area contributed by atoms with E-state index in [0.29, 0.717) is 39.4 Å². The van der Waals surface area contributed by atoms with Crippen molar-refractivity contribution in [2.24, 2.45) is 4.99 Å². The third-order valence-corrected chi connectivity index (χ3v) is 5.11. The summed E-state index contributed by atoms with van der Waals surface area (Å²) in [6.07, 6.45) is 1.66. The molecule has 3 aromatic carbocycles. The number of hydrogen-bond donors (Lipinski definition) is 1. The molecule has 7 heteroatoms. The molecule has 1 aliphatic heterocycles. The lowest BCUT2D eigenvalue weighted by molar-refractivity contribution is -0.115. The predicted octanol–water partition coefficient (Wildman–Crippen LogP) is 6.45. The molecule has 5 nitrogen and oxygen atoms in total. The molecule has 1 amide bonds. The van der Waals surface area contributed by atoms with Crippen molar-refractivity contribution in [3.8, 4) is 22.8 Å². The van der Waals surface area contributed by atoms with Crippen LogP contribution in [0.15, 0.2) is 100 Å². The first kappa shape index (κ1) is 20.7. The highest BCUT2D eigenvalue weighted by Crippen LogP contribution is 2.26. The van der Waals surface area contributed by atoms with Crippen LogP contribution >= 0.6 is 11.6 Å². The molecule has 0 unspecified atom stereocenters. The SMILES string of the molecule is O=C1NC(c2ccc(-c3cccc(F)c3)o2)=N/C1=C\c1cccc(Oc2ccc(Cl)cc2)c1. The second-order valence-electron chi connectivity index (χ2n) is 7.25. The van der Waals surface area contributed by atoms with Gasteiger partial charge in [-0.2, -0.15) is 0 Å². The Morgan fingerprint density at radius 1 is 0.909 bits per heavy atom. The van der Waals surface area contributed by atoms with Crippen LogP contribution in [0.25, 0.3) is 17.4 Å². The minimum Gasteiger partial charge on any atom is -0.457 e. The molecule has 0 aliphatic carbocycles. The lowest BCUT2D eigenvalue weighted by Gasteiger charge is -2.06. The van der Waals surface area contributed by atoms with Gasteiger partial charge >= 0.3 is 0 Å². The number of nitrogens with zero attached hydrogens (tertiary/aromatic N) is 1. The van der Waals surface area contributed by atoms with Crippen LogP contribution in [0.4, 0.5) is 4.39 Å². The maximum Gasteiger partial charge on any atom is 0.275 e. The number of halogens is 2. The number of aliphatic imine (C=N–C) groups is 1. The standard InChI is InChI=1S/C26H16ClFN2O3/c27-18-7-9-20(10-8-18)32-21-6-1-3-16(13-21)14-22-26(31)30-25(29-22)24-12-11-23(33-24)17-4-2-5-19(28)15-17/h1-15H,(H,29,30,31)/b22-14-. The van der Waals surface area contributed by atoms with Gasteiger partial charge in [-0.15, -0.1) is 0 Å². The topological polar surface area (TPSA) is 63.8 Å². The molecular weight excluding hydrogens is 443 g/mol. The van der Waals surface area contributed by atoms with Crippen molar-refractivity contribution in [3.63, 3.8) is 0 Å². The third kappa shape index (κ3) is 4.71. The van der Waals surface area contributed by atoms with Crippen molar-refractivity contribution in [2.75, 3.05) is 0 Å². The fraction of sp³-hybridized carbons (Fsp3) is 0. The monoisotopic (exact) mass is 458 g/mol. The lowest BCUT2D eigenvalue weighted by atomic mass is 10.2. The van der Waals surface area contributed by atoms with Gasteiger partial charge in [-0.3, -0.25) is 4.79 Å². The summed E-state index contributed by atoms with van der Waals surface area (Å²) < 4.78 is 25.1. The first-order valence-corrected chi connectivity index (χ1v) is 10.4. The average molecular weight is 459 g/mol. The number of nitrogens with one attached hydrogen (secondary N) is 1. The highest BCUT2D eigenvalue weighted by Gasteiger charge is 2.23. The summed E-state index contributed by atoms with van der Waals surface area (Å²) in [5.74, 6) is 1.71. The van der Waals surface area contributed by atoms with Gasteiger partial charge in [0.15, 0.2) is 11.6 Å². The molecule has 1 aromatic heterocycles. The van der Waals surface area contributed by atoms with E-state index in [1.165, 1.54) is 12.1 Å². The molecule has 0 saturated carbocycles. The van der Waals surface area contributed by atoms with Gasteiger partial charge in [0.1, 0.15) is 28.8 Å². The first-order valence-electron chi connectivity index (χ1n) is 10.0. The van der Waals surface area contributed by atoms with E-state index in [-0.39, 0.29) is 17.4 Å². The van der Waals surface area contributed by atoms with E-state index < -0.39 is 0 Å². The maximum absolute atomic E-state index is 13.5. The van der Waals surface area contributed by atoms with Crippen molar-refractivity contribution < 1.29 is 18.3 Å². The molecule has 0 atom stereocenters. The molecule has 0 fully saturated rings. The minimum absolute atomic E-state index is 0.234. The number of furan rings is 1. The normalized spacial score (nSPS) is 14.3. The van der Waals surface area contributed by atoms with Gasteiger partial charge in [-0.25, -0.2) is 9.38 Å². The minimum atomic E-state index is -0.357. The molecule has 5 rings (SSSR count). The number of ether oxygens (including phenoxy) is 1. The van der Waals surface area contributed by atoms with Crippen LogP contribution < -0.4 is 10.1 Å². The second kappa shape index (κ2) is 8.76. The van der Waals surface area contributed by atoms with Crippen LogP contribution in [-0.2, 0) is 4.79 Å². The van der Waals surface area contributed by atoms with Crippen molar-refractivity contribution in [1.82, 2.24) is 5.32 Å². The Balaban J connectivity index is 1.37. The summed E-state index contributed by atoms with van der Waals surface area (Å²) in [5.41, 5.74) is 1.58. The van der Waals surface area contributed by atoms with E-state index in [4.69, 9.17) is 20.8 Å². The van der Waals surface area contributed by atoms with Gasteiger partial charge in [0.2, 0.25) is 0 Å². The van der Waals surface area contributed by atoms with Gasteiger partial charge in [0.25, 0.3) is 5.91 Å². The van der Waals surface area contributed by atoms with Crippen LogP contribution in [0, 0.1) is 5.82 Å².